The Hall–Kier alpha value is -2.29. The quantitative estimate of drug-likeness (QED) is 0.640. The minimum absolute atomic E-state index is 0.222. The maximum Gasteiger partial charge on any atom is 0.257 e. The first-order chi connectivity index (χ1) is 14.3. The van der Waals surface area contributed by atoms with Gasteiger partial charge in [-0.25, -0.2) is 13.4 Å². The molecule has 2 heterocycles. The molecule has 1 amide bonds. The predicted octanol–water partition coefficient (Wildman–Crippen LogP) is 4.59. The van der Waals surface area contributed by atoms with Crippen molar-refractivity contribution < 1.29 is 13.2 Å². The molecule has 6 nitrogen and oxygen atoms in total. The number of carbonyl (C=O) groups is 1. The van der Waals surface area contributed by atoms with Crippen LogP contribution in [-0.2, 0) is 10.0 Å². The molecule has 1 N–H and O–H groups in total. The van der Waals surface area contributed by atoms with Gasteiger partial charge in [-0.3, -0.25) is 10.1 Å². The van der Waals surface area contributed by atoms with Crippen molar-refractivity contribution in [1.82, 2.24) is 9.29 Å². The van der Waals surface area contributed by atoms with Crippen LogP contribution >= 0.6 is 11.3 Å². The molecule has 0 aliphatic carbocycles. The standard InChI is InChI=1S/C22H25N3O3S2/c1-14-5-4-12-25(13-14)30(27,28)18-10-8-17(9-11-18)21(26)24-22-23-19-15(2)6-7-16(3)20(19)29-22/h6-11,14H,4-5,12-13H2,1-3H3,(H,23,24,26). The monoisotopic (exact) mass is 443 g/mol. The van der Waals surface area contributed by atoms with Gasteiger partial charge in [-0.15, -0.1) is 0 Å². The van der Waals surface area contributed by atoms with Crippen LogP contribution in [0.1, 0.15) is 41.3 Å². The number of rotatable bonds is 4. The molecule has 3 aromatic rings. The zero-order chi connectivity index (χ0) is 21.5. The molecule has 2 aromatic carbocycles. The summed E-state index contributed by atoms with van der Waals surface area (Å²) in [6, 6.07) is 10.2. The van der Waals surface area contributed by atoms with E-state index in [4.69, 9.17) is 0 Å². The number of benzene rings is 2. The number of amides is 1. The molecular weight excluding hydrogens is 418 g/mol. The zero-order valence-corrected chi connectivity index (χ0v) is 18.9. The van der Waals surface area contributed by atoms with Crippen LogP contribution in [0.15, 0.2) is 41.3 Å². The molecule has 4 rings (SSSR count). The molecule has 0 spiro atoms. The third kappa shape index (κ3) is 3.99. The number of aromatic nitrogens is 1. The van der Waals surface area contributed by atoms with Crippen LogP contribution in [0.4, 0.5) is 5.13 Å². The number of anilines is 1. The van der Waals surface area contributed by atoms with Crippen molar-refractivity contribution in [3.63, 3.8) is 0 Å². The third-order valence-electron chi connectivity index (χ3n) is 5.54. The average molecular weight is 444 g/mol. The van der Waals surface area contributed by atoms with Gasteiger partial charge < -0.3 is 0 Å². The first-order valence-electron chi connectivity index (χ1n) is 10.0. The van der Waals surface area contributed by atoms with E-state index < -0.39 is 10.0 Å². The molecule has 30 heavy (non-hydrogen) atoms. The van der Waals surface area contributed by atoms with E-state index in [2.05, 4.69) is 17.2 Å². The second-order valence-electron chi connectivity index (χ2n) is 7.99. The lowest BCUT2D eigenvalue weighted by Gasteiger charge is -2.30. The highest BCUT2D eigenvalue weighted by atomic mass is 32.2. The lowest BCUT2D eigenvalue weighted by molar-refractivity contribution is 0.102. The summed E-state index contributed by atoms with van der Waals surface area (Å²) < 4.78 is 28.4. The van der Waals surface area contributed by atoms with Gasteiger partial charge in [0.1, 0.15) is 0 Å². The van der Waals surface area contributed by atoms with E-state index in [0.717, 1.165) is 34.2 Å². The number of piperidine rings is 1. The van der Waals surface area contributed by atoms with Gasteiger partial charge in [0, 0.05) is 18.7 Å². The number of nitrogens with one attached hydrogen (secondary N) is 1. The van der Waals surface area contributed by atoms with Crippen molar-refractivity contribution in [2.24, 2.45) is 5.92 Å². The molecule has 0 radical (unpaired) electrons. The van der Waals surface area contributed by atoms with E-state index >= 15 is 0 Å². The van der Waals surface area contributed by atoms with Gasteiger partial charge in [0.25, 0.3) is 5.91 Å². The third-order valence-corrected chi connectivity index (χ3v) is 8.52. The number of hydrogen-bond acceptors (Lipinski definition) is 5. The molecule has 1 unspecified atom stereocenters. The molecule has 1 saturated heterocycles. The second-order valence-corrected chi connectivity index (χ2v) is 10.9. The van der Waals surface area contributed by atoms with Crippen molar-refractivity contribution >= 4 is 42.6 Å². The van der Waals surface area contributed by atoms with Gasteiger partial charge in [0.2, 0.25) is 10.0 Å². The summed E-state index contributed by atoms with van der Waals surface area (Å²) in [5.74, 6) is 0.0552. The Kier molecular flexibility index (Phi) is 5.65. The normalized spacial score (nSPS) is 17.9. The Bertz CT molecular complexity index is 1160. The van der Waals surface area contributed by atoms with Crippen LogP contribution in [0.2, 0.25) is 0 Å². The highest BCUT2D eigenvalue weighted by Gasteiger charge is 2.28. The lowest BCUT2D eigenvalue weighted by Crippen LogP contribution is -2.39. The first kappa shape index (κ1) is 21.0. The van der Waals surface area contributed by atoms with Gasteiger partial charge in [-0.2, -0.15) is 4.31 Å². The van der Waals surface area contributed by atoms with Crippen LogP contribution < -0.4 is 5.32 Å². The summed E-state index contributed by atoms with van der Waals surface area (Å²) in [6.07, 6.45) is 1.93. The van der Waals surface area contributed by atoms with Crippen molar-refractivity contribution in [2.45, 2.75) is 38.5 Å². The SMILES string of the molecule is Cc1ccc(C)c2sc(NC(=O)c3ccc(S(=O)(=O)N4CCCC(C)C4)cc3)nc12. The fourth-order valence-electron chi connectivity index (χ4n) is 3.77. The van der Waals surface area contributed by atoms with Crippen molar-refractivity contribution in [2.75, 3.05) is 18.4 Å². The highest BCUT2D eigenvalue weighted by Crippen LogP contribution is 2.31. The van der Waals surface area contributed by atoms with E-state index in [0.29, 0.717) is 29.7 Å². The van der Waals surface area contributed by atoms with Crippen LogP contribution in [0.3, 0.4) is 0 Å². The van der Waals surface area contributed by atoms with Gasteiger partial charge in [-0.05, 0) is 68.0 Å². The summed E-state index contributed by atoms with van der Waals surface area (Å²) in [5.41, 5.74) is 3.48. The van der Waals surface area contributed by atoms with E-state index in [1.165, 1.54) is 23.5 Å². The average Bonchev–Trinajstić information content (AvgIpc) is 3.16. The first-order valence-corrected chi connectivity index (χ1v) is 12.3. The Morgan fingerprint density at radius 3 is 2.50 bits per heavy atom. The molecular formula is C22H25N3O3S2. The van der Waals surface area contributed by atoms with Crippen LogP contribution in [0.25, 0.3) is 10.2 Å². The Morgan fingerprint density at radius 1 is 1.13 bits per heavy atom. The van der Waals surface area contributed by atoms with Gasteiger partial charge in [0.15, 0.2) is 5.13 Å². The summed E-state index contributed by atoms with van der Waals surface area (Å²) in [4.78, 5) is 17.4. The maximum atomic E-state index is 12.9. The fourth-order valence-corrected chi connectivity index (χ4v) is 6.38. The second kappa shape index (κ2) is 8.09. The molecule has 1 aliphatic rings. The summed E-state index contributed by atoms with van der Waals surface area (Å²) in [5, 5.41) is 3.37. The van der Waals surface area contributed by atoms with E-state index in [1.807, 2.05) is 26.0 Å². The zero-order valence-electron chi connectivity index (χ0n) is 17.3. The van der Waals surface area contributed by atoms with Crippen molar-refractivity contribution in [1.29, 1.82) is 0 Å². The molecule has 1 atom stereocenters. The van der Waals surface area contributed by atoms with Crippen molar-refractivity contribution in [3.05, 3.63) is 53.1 Å². The van der Waals surface area contributed by atoms with Crippen LogP contribution in [-0.4, -0.2) is 36.7 Å². The highest BCUT2D eigenvalue weighted by molar-refractivity contribution is 7.89. The number of aryl methyl sites for hydroxylation is 2. The number of nitrogens with zero attached hydrogens (tertiary/aromatic N) is 2. The topological polar surface area (TPSA) is 79.4 Å². The molecule has 0 saturated carbocycles. The van der Waals surface area contributed by atoms with Gasteiger partial charge in [0.05, 0.1) is 15.1 Å². The lowest BCUT2D eigenvalue weighted by atomic mass is 10.0. The minimum atomic E-state index is -3.53. The Balaban J connectivity index is 1.52. The maximum absolute atomic E-state index is 12.9. The Labute approximate surface area is 181 Å². The number of hydrogen-bond donors (Lipinski definition) is 1. The number of fused-ring (bicyclic) bond motifs is 1. The fraction of sp³-hybridized carbons (Fsp3) is 0.364. The van der Waals surface area contributed by atoms with Crippen LogP contribution in [0.5, 0.6) is 0 Å². The van der Waals surface area contributed by atoms with E-state index in [1.54, 1.807) is 16.4 Å². The summed E-state index contributed by atoms with van der Waals surface area (Å²) in [6.45, 7) is 7.18. The predicted molar refractivity (Wildman–Crippen MR) is 121 cm³/mol. The molecule has 0 bridgehead atoms. The number of sulfonamides is 1. The number of carbonyl (C=O) groups excluding carboxylic acids is 1. The van der Waals surface area contributed by atoms with Crippen LogP contribution in [0, 0.1) is 19.8 Å². The molecule has 1 fully saturated rings. The van der Waals surface area contributed by atoms with Gasteiger partial charge in [-0.1, -0.05) is 30.4 Å². The van der Waals surface area contributed by atoms with E-state index in [9.17, 15) is 13.2 Å². The van der Waals surface area contributed by atoms with Crippen molar-refractivity contribution in [3.8, 4) is 0 Å². The summed E-state index contributed by atoms with van der Waals surface area (Å²) in [7, 11) is -3.53. The molecule has 1 aliphatic heterocycles. The largest absolute Gasteiger partial charge is 0.298 e. The van der Waals surface area contributed by atoms with E-state index in [-0.39, 0.29) is 10.8 Å². The van der Waals surface area contributed by atoms with Gasteiger partial charge >= 0.3 is 0 Å². The molecule has 158 valence electrons. The summed E-state index contributed by atoms with van der Waals surface area (Å²) >= 11 is 1.44. The number of thiazole rings is 1. The minimum Gasteiger partial charge on any atom is -0.298 e. The Morgan fingerprint density at radius 2 is 1.83 bits per heavy atom. The smallest absolute Gasteiger partial charge is 0.257 e. The molecule has 1 aromatic heterocycles. The molecule has 8 heteroatoms.